The monoisotopic (exact) mass is 309 g/mol. The van der Waals surface area contributed by atoms with Gasteiger partial charge in [0.15, 0.2) is 0 Å². The van der Waals surface area contributed by atoms with Gasteiger partial charge in [-0.2, -0.15) is 0 Å². The predicted octanol–water partition coefficient (Wildman–Crippen LogP) is 6.80. The normalized spacial score (nSPS) is 10.7. The molecule has 0 aliphatic carbocycles. The minimum Gasteiger partial charge on any atom is -0.341 e. The highest BCUT2D eigenvalue weighted by atomic mass is 15.1. The Kier molecular flexibility index (Phi) is 7.19. The minimum absolute atomic E-state index is 1.10. The van der Waals surface area contributed by atoms with Gasteiger partial charge >= 0.3 is 0 Å². The van der Waals surface area contributed by atoms with Gasteiger partial charge in [-0.1, -0.05) is 63.3 Å². The molecule has 0 unspecified atom stereocenters. The maximum Gasteiger partial charge on any atom is 0.0413 e. The van der Waals surface area contributed by atoms with Gasteiger partial charge in [0.05, 0.1) is 0 Å². The Morgan fingerprint density at radius 1 is 0.696 bits per heavy atom. The molecule has 0 saturated heterocycles. The lowest BCUT2D eigenvalue weighted by Crippen LogP contribution is -2.18. The molecule has 0 bridgehead atoms. The Hall–Kier alpha value is -1.76. The van der Waals surface area contributed by atoms with E-state index in [1.54, 1.807) is 0 Å². The van der Waals surface area contributed by atoms with Crippen LogP contribution < -0.4 is 4.90 Å². The van der Waals surface area contributed by atoms with E-state index < -0.39 is 0 Å². The van der Waals surface area contributed by atoms with Crippen LogP contribution in [0.2, 0.25) is 0 Å². The molecule has 2 rings (SSSR count). The predicted molar refractivity (Wildman–Crippen MR) is 103 cm³/mol. The molecule has 0 atom stereocenters. The standard InChI is InChI=1S/C22H31N/c1-4-5-6-7-8-9-16-23(21-14-10-12-19(2)17-21)22-15-11-13-20(3)18-22/h10-15,17-18H,4-9,16H2,1-3H3. The van der Waals surface area contributed by atoms with Crippen LogP contribution in [0.5, 0.6) is 0 Å². The highest BCUT2D eigenvalue weighted by Gasteiger charge is 2.09. The largest absolute Gasteiger partial charge is 0.341 e. The number of benzene rings is 2. The van der Waals surface area contributed by atoms with E-state index in [-0.39, 0.29) is 0 Å². The lowest BCUT2D eigenvalue weighted by atomic mass is 10.1. The van der Waals surface area contributed by atoms with Crippen molar-refractivity contribution in [1.82, 2.24) is 0 Å². The molecule has 0 fully saturated rings. The number of hydrogen-bond donors (Lipinski definition) is 0. The van der Waals surface area contributed by atoms with Gasteiger partial charge in [-0.3, -0.25) is 0 Å². The number of nitrogens with zero attached hydrogens (tertiary/aromatic N) is 1. The molecule has 0 aliphatic rings. The van der Waals surface area contributed by atoms with Crippen molar-refractivity contribution < 1.29 is 0 Å². The summed E-state index contributed by atoms with van der Waals surface area (Å²) in [5.74, 6) is 0. The Bertz CT molecular complexity index is 543. The smallest absolute Gasteiger partial charge is 0.0413 e. The fourth-order valence-corrected chi connectivity index (χ4v) is 3.05. The molecule has 1 nitrogen and oxygen atoms in total. The van der Waals surface area contributed by atoms with E-state index in [9.17, 15) is 0 Å². The van der Waals surface area contributed by atoms with Crippen LogP contribution in [0, 0.1) is 13.8 Å². The van der Waals surface area contributed by atoms with Gasteiger partial charge in [0.1, 0.15) is 0 Å². The van der Waals surface area contributed by atoms with Crippen molar-refractivity contribution >= 4 is 11.4 Å². The Labute approximate surface area is 142 Å². The average Bonchev–Trinajstić information content (AvgIpc) is 2.54. The molecule has 124 valence electrons. The minimum atomic E-state index is 1.10. The van der Waals surface area contributed by atoms with Gasteiger partial charge in [-0.15, -0.1) is 0 Å². The van der Waals surface area contributed by atoms with Gasteiger partial charge in [0.2, 0.25) is 0 Å². The van der Waals surface area contributed by atoms with Crippen molar-refractivity contribution in [3.05, 3.63) is 59.7 Å². The molecule has 0 N–H and O–H groups in total. The second kappa shape index (κ2) is 9.39. The molecule has 23 heavy (non-hydrogen) atoms. The van der Waals surface area contributed by atoms with E-state index in [1.807, 2.05) is 0 Å². The van der Waals surface area contributed by atoms with Gasteiger partial charge < -0.3 is 4.90 Å². The zero-order valence-electron chi connectivity index (χ0n) is 15.0. The number of hydrogen-bond acceptors (Lipinski definition) is 1. The second-order valence-electron chi connectivity index (χ2n) is 6.60. The highest BCUT2D eigenvalue weighted by Crippen LogP contribution is 2.27. The third kappa shape index (κ3) is 5.74. The van der Waals surface area contributed by atoms with Crippen molar-refractivity contribution in [2.24, 2.45) is 0 Å². The Morgan fingerprint density at radius 3 is 1.74 bits per heavy atom. The van der Waals surface area contributed by atoms with E-state index in [0.717, 1.165) is 6.54 Å². The third-order valence-corrected chi connectivity index (χ3v) is 4.36. The molecule has 0 heterocycles. The number of aryl methyl sites for hydroxylation is 2. The quantitative estimate of drug-likeness (QED) is 0.460. The van der Waals surface area contributed by atoms with Crippen molar-refractivity contribution in [1.29, 1.82) is 0 Å². The van der Waals surface area contributed by atoms with Crippen molar-refractivity contribution in [3.8, 4) is 0 Å². The molecular weight excluding hydrogens is 278 g/mol. The topological polar surface area (TPSA) is 3.24 Å². The van der Waals surface area contributed by atoms with Crippen LogP contribution in [0.3, 0.4) is 0 Å². The van der Waals surface area contributed by atoms with E-state index in [2.05, 4.69) is 74.2 Å². The lowest BCUT2D eigenvalue weighted by Gasteiger charge is -2.26. The van der Waals surface area contributed by atoms with Crippen LogP contribution in [0.4, 0.5) is 11.4 Å². The fraction of sp³-hybridized carbons (Fsp3) is 0.455. The first-order chi connectivity index (χ1) is 11.2. The first kappa shape index (κ1) is 17.6. The molecule has 2 aromatic rings. The van der Waals surface area contributed by atoms with Gasteiger partial charge in [-0.05, 0) is 55.7 Å². The van der Waals surface area contributed by atoms with E-state index in [1.165, 1.54) is 61.0 Å². The summed E-state index contributed by atoms with van der Waals surface area (Å²) in [4.78, 5) is 2.47. The molecule has 1 heteroatoms. The number of rotatable bonds is 9. The van der Waals surface area contributed by atoms with Crippen molar-refractivity contribution in [2.45, 2.75) is 59.3 Å². The van der Waals surface area contributed by atoms with Gasteiger partial charge in [0, 0.05) is 17.9 Å². The molecule has 0 saturated carbocycles. The van der Waals surface area contributed by atoms with Crippen molar-refractivity contribution in [2.75, 3.05) is 11.4 Å². The summed E-state index contributed by atoms with van der Waals surface area (Å²) < 4.78 is 0. The van der Waals surface area contributed by atoms with Crippen molar-refractivity contribution in [3.63, 3.8) is 0 Å². The van der Waals surface area contributed by atoms with Gasteiger partial charge in [0.25, 0.3) is 0 Å². The first-order valence-corrected chi connectivity index (χ1v) is 9.11. The number of unbranched alkanes of at least 4 members (excludes halogenated alkanes) is 5. The zero-order valence-corrected chi connectivity index (χ0v) is 15.0. The summed E-state index contributed by atoms with van der Waals surface area (Å²) in [5.41, 5.74) is 5.26. The summed E-state index contributed by atoms with van der Waals surface area (Å²) >= 11 is 0. The second-order valence-corrected chi connectivity index (χ2v) is 6.60. The molecule has 0 aromatic heterocycles. The highest BCUT2D eigenvalue weighted by molar-refractivity contribution is 5.64. The summed E-state index contributed by atoms with van der Waals surface area (Å²) in [7, 11) is 0. The summed E-state index contributed by atoms with van der Waals surface area (Å²) in [6.45, 7) is 7.71. The fourth-order valence-electron chi connectivity index (χ4n) is 3.05. The van der Waals surface area contributed by atoms with Crippen LogP contribution in [0.1, 0.15) is 56.6 Å². The maximum absolute atomic E-state index is 2.47. The molecule has 0 spiro atoms. The van der Waals surface area contributed by atoms with Crippen LogP contribution in [-0.2, 0) is 0 Å². The third-order valence-electron chi connectivity index (χ3n) is 4.36. The van der Waals surface area contributed by atoms with Crippen LogP contribution in [0.25, 0.3) is 0 Å². The van der Waals surface area contributed by atoms with Gasteiger partial charge in [-0.25, -0.2) is 0 Å². The molecule has 0 aliphatic heterocycles. The zero-order chi connectivity index (χ0) is 16.5. The summed E-state index contributed by atoms with van der Waals surface area (Å²) in [6.07, 6.45) is 8.02. The lowest BCUT2D eigenvalue weighted by molar-refractivity contribution is 0.609. The molecule has 0 amide bonds. The molecule has 2 aromatic carbocycles. The van der Waals surface area contributed by atoms with Crippen LogP contribution in [0.15, 0.2) is 48.5 Å². The van der Waals surface area contributed by atoms with Crippen LogP contribution in [-0.4, -0.2) is 6.54 Å². The average molecular weight is 309 g/mol. The molecular formula is C22H31N. The van der Waals surface area contributed by atoms with Crippen LogP contribution >= 0.6 is 0 Å². The SMILES string of the molecule is CCCCCCCCN(c1cccc(C)c1)c1cccc(C)c1. The Balaban J connectivity index is 2.06. The maximum atomic E-state index is 2.47. The van der Waals surface area contributed by atoms with E-state index >= 15 is 0 Å². The number of anilines is 2. The molecule has 0 radical (unpaired) electrons. The first-order valence-electron chi connectivity index (χ1n) is 9.11. The summed E-state index contributed by atoms with van der Waals surface area (Å²) in [6, 6.07) is 17.7. The Morgan fingerprint density at radius 2 is 1.22 bits per heavy atom. The summed E-state index contributed by atoms with van der Waals surface area (Å²) in [5, 5.41) is 0. The van der Waals surface area contributed by atoms with E-state index in [4.69, 9.17) is 0 Å². The van der Waals surface area contributed by atoms with E-state index in [0.29, 0.717) is 0 Å².